The monoisotopic (exact) mass is 666 g/mol. The van der Waals surface area contributed by atoms with E-state index < -0.39 is 5.60 Å². The number of benzene rings is 2. The zero-order chi connectivity index (χ0) is 34.1. The van der Waals surface area contributed by atoms with Gasteiger partial charge in [0.05, 0.1) is 24.5 Å². The average molecular weight is 667 g/mol. The molecule has 0 atom stereocenters. The van der Waals surface area contributed by atoms with Gasteiger partial charge in [-0.15, -0.1) is 0 Å². The first-order chi connectivity index (χ1) is 21.6. The predicted octanol–water partition coefficient (Wildman–Crippen LogP) is 8.36. The molecule has 0 unspecified atom stereocenters. The predicted molar refractivity (Wildman–Crippen MR) is 193 cm³/mol. The van der Waals surface area contributed by atoms with E-state index in [1.54, 1.807) is 47.4 Å². The Labute approximate surface area is 283 Å². The Morgan fingerprint density at radius 2 is 1.59 bits per heavy atom. The molecular formula is C36H50N4O4S2. The van der Waals surface area contributed by atoms with E-state index in [-0.39, 0.29) is 40.7 Å². The summed E-state index contributed by atoms with van der Waals surface area (Å²) in [7, 11) is 5.08. The van der Waals surface area contributed by atoms with Crippen LogP contribution in [-0.4, -0.2) is 53.9 Å². The topological polar surface area (TPSA) is 100 Å². The lowest BCUT2D eigenvalue weighted by Gasteiger charge is -2.31. The Morgan fingerprint density at radius 1 is 0.935 bits per heavy atom. The Kier molecular flexibility index (Phi) is 13.2. The number of allylic oxidation sites excluding steroid dienone is 1. The maximum atomic E-state index is 13.8. The van der Waals surface area contributed by atoms with E-state index in [9.17, 15) is 14.4 Å². The Bertz CT molecular complexity index is 1460. The van der Waals surface area contributed by atoms with Gasteiger partial charge in [-0.25, -0.2) is 0 Å². The number of ketones is 1. The van der Waals surface area contributed by atoms with Gasteiger partial charge in [0, 0.05) is 47.9 Å². The second-order valence-corrected chi connectivity index (χ2v) is 16.8. The van der Waals surface area contributed by atoms with E-state index in [4.69, 9.17) is 4.74 Å². The van der Waals surface area contributed by atoms with Gasteiger partial charge in [-0.2, -0.15) is 10.2 Å². The fourth-order valence-electron chi connectivity index (χ4n) is 4.91. The number of nitrogens with one attached hydrogen (secondary N) is 1. The van der Waals surface area contributed by atoms with Crippen LogP contribution in [0.5, 0.6) is 0 Å². The highest BCUT2D eigenvalue weighted by atomic mass is 33.1. The molecule has 8 nitrogen and oxygen atoms in total. The Balaban J connectivity index is 1.58. The van der Waals surface area contributed by atoms with Gasteiger partial charge in [0.25, 0.3) is 5.91 Å². The van der Waals surface area contributed by atoms with Gasteiger partial charge in [0.1, 0.15) is 11.4 Å². The van der Waals surface area contributed by atoms with Crippen LogP contribution in [0, 0.1) is 5.41 Å². The maximum absolute atomic E-state index is 13.8. The van der Waals surface area contributed by atoms with Crippen molar-refractivity contribution in [2.75, 3.05) is 30.9 Å². The molecule has 10 heteroatoms. The molecule has 1 N–H and O–H groups in total. The first-order valence-corrected chi connectivity index (χ1v) is 18.1. The van der Waals surface area contributed by atoms with Gasteiger partial charge in [-0.3, -0.25) is 14.4 Å². The molecule has 0 bridgehead atoms. The van der Waals surface area contributed by atoms with E-state index in [2.05, 4.69) is 29.4 Å². The summed E-state index contributed by atoms with van der Waals surface area (Å²) in [6, 6.07) is 15.8. The minimum Gasteiger partial charge on any atom is -0.364 e. The summed E-state index contributed by atoms with van der Waals surface area (Å²) in [5, 5.41) is 11.5. The van der Waals surface area contributed by atoms with E-state index in [1.165, 1.54) is 0 Å². The first-order valence-electron chi connectivity index (χ1n) is 15.8. The number of Topliss-reactive ketones (excluding diaryl/α,β-unsaturated/α-hetero) is 1. The number of anilines is 1. The van der Waals surface area contributed by atoms with E-state index >= 15 is 0 Å². The number of ether oxygens (including phenoxy) is 1. The molecule has 0 saturated carbocycles. The third-order valence-corrected chi connectivity index (χ3v) is 11.1. The lowest BCUT2D eigenvalue weighted by atomic mass is 9.88. The number of nitrogens with zero attached hydrogens (tertiary/aromatic N) is 3. The van der Waals surface area contributed by atoms with Crippen molar-refractivity contribution in [3.05, 3.63) is 65.2 Å². The van der Waals surface area contributed by atoms with Crippen LogP contribution in [0.25, 0.3) is 11.3 Å². The third kappa shape index (κ3) is 10.3. The van der Waals surface area contributed by atoms with Crippen molar-refractivity contribution in [1.29, 1.82) is 0 Å². The fourth-order valence-corrected chi connectivity index (χ4v) is 7.39. The van der Waals surface area contributed by atoms with Crippen LogP contribution in [0.1, 0.15) is 91.3 Å². The number of carbonyl (C=O) groups is 3. The smallest absolute Gasteiger partial charge is 0.251 e. The molecule has 2 aromatic carbocycles. The molecule has 2 aromatic rings. The second-order valence-electron chi connectivity index (χ2n) is 13.7. The van der Waals surface area contributed by atoms with Gasteiger partial charge in [0.2, 0.25) is 5.91 Å². The highest BCUT2D eigenvalue weighted by Gasteiger charge is 2.32. The van der Waals surface area contributed by atoms with Crippen LogP contribution in [0.4, 0.5) is 5.69 Å². The largest absolute Gasteiger partial charge is 0.364 e. The van der Waals surface area contributed by atoms with Gasteiger partial charge >= 0.3 is 0 Å². The summed E-state index contributed by atoms with van der Waals surface area (Å²) in [5.41, 5.74) is 4.01. The van der Waals surface area contributed by atoms with E-state index in [0.29, 0.717) is 19.6 Å². The van der Waals surface area contributed by atoms with Gasteiger partial charge in [-0.05, 0) is 63.8 Å². The summed E-state index contributed by atoms with van der Waals surface area (Å²) in [6.45, 7) is 16.5. The zero-order valence-corrected chi connectivity index (χ0v) is 30.5. The quantitative estimate of drug-likeness (QED) is 0.124. The maximum Gasteiger partial charge on any atom is 0.251 e. The molecule has 250 valence electrons. The molecule has 3 rings (SSSR count). The van der Waals surface area contributed by atoms with Crippen LogP contribution in [-0.2, 0) is 25.7 Å². The van der Waals surface area contributed by atoms with Crippen LogP contribution >= 0.6 is 21.6 Å². The zero-order valence-electron chi connectivity index (χ0n) is 28.9. The molecule has 46 heavy (non-hydrogen) atoms. The molecule has 0 aliphatic carbocycles. The number of hydrogen-bond donors (Lipinski definition) is 1. The SMILES string of the molecule is C/N=N\C1=C(/C)c2ccccc2CN(C(=O)CCNC(=O)C(C)(C)OCC(C)(C)SSCCCC(=O)C(C)(C)C)c2ccccc21. The Hall–Kier alpha value is -2.95. The molecule has 0 spiro atoms. The summed E-state index contributed by atoms with van der Waals surface area (Å²) in [5.74, 6) is 0.790. The van der Waals surface area contributed by atoms with Crippen LogP contribution < -0.4 is 10.2 Å². The van der Waals surface area contributed by atoms with Crippen molar-refractivity contribution in [1.82, 2.24) is 5.32 Å². The minimum absolute atomic E-state index is 0.104. The standard InChI is InChI=1S/C36H50N4O4S2/c1-25-27-16-11-10-15-26(27)23-40(29-18-13-12-17-28(29)32(25)39-37-9)31(42)20-21-38-33(43)36(7,8)44-24-35(5,6)46-45-22-14-19-30(41)34(2,3)4/h10-13,15-18H,14,19-24H2,1-9H3,(H,38,43)/b32-25+,39-37-. The number of azo groups is 1. The molecule has 0 fully saturated rings. The summed E-state index contributed by atoms with van der Waals surface area (Å²) in [4.78, 5) is 40.8. The molecule has 1 aliphatic rings. The van der Waals surface area contributed by atoms with Crippen LogP contribution in [0.2, 0.25) is 0 Å². The van der Waals surface area contributed by atoms with Gasteiger partial charge in [-0.1, -0.05) is 84.8 Å². The number of para-hydroxylation sites is 1. The molecule has 0 radical (unpaired) electrons. The number of hydrogen-bond acceptors (Lipinski definition) is 8. The van der Waals surface area contributed by atoms with Crippen molar-refractivity contribution in [2.45, 2.75) is 91.5 Å². The van der Waals surface area contributed by atoms with E-state index in [0.717, 1.165) is 45.8 Å². The van der Waals surface area contributed by atoms with Crippen molar-refractivity contribution in [3.63, 3.8) is 0 Å². The van der Waals surface area contributed by atoms with Crippen molar-refractivity contribution in [3.8, 4) is 0 Å². The molecule has 1 aliphatic heterocycles. The average Bonchev–Trinajstić information content (AvgIpc) is 3.00. The summed E-state index contributed by atoms with van der Waals surface area (Å²) >= 11 is 0. The molecule has 0 saturated heterocycles. The molecule has 0 aromatic heterocycles. The first kappa shape index (κ1) is 37.5. The third-order valence-electron chi connectivity index (χ3n) is 7.76. The van der Waals surface area contributed by atoms with Crippen molar-refractivity contribution < 1.29 is 19.1 Å². The highest BCUT2D eigenvalue weighted by molar-refractivity contribution is 8.77. The van der Waals surface area contributed by atoms with Gasteiger partial charge in [0.15, 0.2) is 0 Å². The fraction of sp³-hybridized carbons (Fsp3) is 0.528. The number of rotatable bonds is 14. The van der Waals surface area contributed by atoms with Crippen molar-refractivity contribution in [2.24, 2.45) is 15.6 Å². The van der Waals surface area contributed by atoms with E-state index in [1.807, 2.05) is 76.2 Å². The van der Waals surface area contributed by atoms with Crippen LogP contribution in [0.15, 0.2) is 58.8 Å². The lowest BCUT2D eigenvalue weighted by molar-refractivity contribution is -0.143. The highest BCUT2D eigenvalue weighted by Crippen LogP contribution is 2.39. The second kappa shape index (κ2) is 16.2. The molecule has 2 amide bonds. The summed E-state index contributed by atoms with van der Waals surface area (Å²) in [6.07, 6.45) is 1.56. The van der Waals surface area contributed by atoms with Crippen LogP contribution in [0.3, 0.4) is 0 Å². The Morgan fingerprint density at radius 3 is 2.26 bits per heavy atom. The van der Waals surface area contributed by atoms with Gasteiger partial charge < -0.3 is 15.0 Å². The molecular weight excluding hydrogens is 617 g/mol. The molecule has 1 heterocycles. The lowest BCUT2D eigenvalue weighted by Crippen LogP contribution is -2.47. The normalized spacial score (nSPS) is 15.6. The number of amides is 2. The summed E-state index contributed by atoms with van der Waals surface area (Å²) < 4.78 is 5.88. The van der Waals surface area contributed by atoms with Crippen molar-refractivity contribution >= 4 is 56.1 Å². The minimum atomic E-state index is -1.07. The number of carbonyl (C=O) groups excluding carboxylic acids is 3. The number of fused-ring (bicyclic) bond motifs is 2.